The standard InChI is InChI=1S/C10H13F3N2O3/c1-17-9(16)8-6-18-3-2-15(8)5-7(4-14)10(11,12)13/h7-8H,2-3,5-6H2,1H3. The first-order chi connectivity index (χ1) is 8.40. The minimum absolute atomic E-state index is 0.0251. The number of alkyl halides is 3. The van der Waals surface area contributed by atoms with E-state index in [0.717, 1.165) is 7.11 Å². The van der Waals surface area contributed by atoms with Gasteiger partial charge in [0, 0.05) is 13.1 Å². The summed E-state index contributed by atoms with van der Waals surface area (Å²) < 4.78 is 47.0. The summed E-state index contributed by atoms with van der Waals surface area (Å²) in [6, 6.07) is 0.320. The van der Waals surface area contributed by atoms with Gasteiger partial charge in [-0.15, -0.1) is 0 Å². The van der Waals surface area contributed by atoms with Crippen LogP contribution in [-0.4, -0.2) is 56.5 Å². The molecule has 2 atom stereocenters. The lowest BCUT2D eigenvalue weighted by atomic mass is 10.1. The molecule has 0 aliphatic carbocycles. The van der Waals surface area contributed by atoms with Gasteiger partial charge in [0.25, 0.3) is 0 Å². The fraction of sp³-hybridized carbons (Fsp3) is 0.800. The Balaban J connectivity index is 2.73. The molecule has 1 fully saturated rings. The second-order valence-electron chi connectivity index (χ2n) is 3.83. The van der Waals surface area contributed by atoms with Gasteiger partial charge in [0.15, 0.2) is 5.92 Å². The molecule has 0 N–H and O–H groups in total. The summed E-state index contributed by atoms with van der Waals surface area (Å²) in [7, 11) is 1.15. The van der Waals surface area contributed by atoms with Crippen molar-refractivity contribution in [1.82, 2.24) is 4.90 Å². The van der Waals surface area contributed by atoms with Crippen molar-refractivity contribution in [3.8, 4) is 6.07 Å². The first-order valence-corrected chi connectivity index (χ1v) is 5.26. The van der Waals surface area contributed by atoms with Crippen LogP contribution in [0.1, 0.15) is 0 Å². The van der Waals surface area contributed by atoms with Crippen molar-refractivity contribution in [3.05, 3.63) is 0 Å². The molecule has 0 aromatic carbocycles. The van der Waals surface area contributed by atoms with Crippen LogP contribution in [0, 0.1) is 17.2 Å². The molecule has 1 aliphatic rings. The van der Waals surface area contributed by atoms with E-state index in [1.807, 2.05) is 0 Å². The minimum atomic E-state index is -4.60. The maximum absolute atomic E-state index is 12.5. The third-order valence-corrected chi connectivity index (χ3v) is 2.68. The molecule has 1 aliphatic heterocycles. The summed E-state index contributed by atoms with van der Waals surface area (Å²) in [5.74, 6) is -2.78. The van der Waals surface area contributed by atoms with Crippen LogP contribution < -0.4 is 0 Å². The molecular weight excluding hydrogens is 253 g/mol. The van der Waals surface area contributed by atoms with Crippen LogP contribution in [0.4, 0.5) is 13.2 Å². The first-order valence-electron chi connectivity index (χ1n) is 5.26. The van der Waals surface area contributed by atoms with E-state index in [2.05, 4.69) is 4.74 Å². The van der Waals surface area contributed by atoms with E-state index >= 15 is 0 Å². The molecule has 2 unspecified atom stereocenters. The van der Waals surface area contributed by atoms with Crippen molar-refractivity contribution in [2.45, 2.75) is 12.2 Å². The number of nitrogens with zero attached hydrogens (tertiary/aromatic N) is 2. The lowest BCUT2D eigenvalue weighted by Crippen LogP contribution is -2.53. The first kappa shape index (κ1) is 14.7. The SMILES string of the molecule is COC(=O)C1COCCN1CC(C#N)C(F)(F)F. The van der Waals surface area contributed by atoms with Crippen molar-refractivity contribution in [3.63, 3.8) is 0 Å². The Morgan fingerprint density at radius 1 is 1.67 bits per heavy atom. The van der Waals surface area contributed by atoms with Crippen LogP contribution in [0.2, 0.25) is 0 Å². The number of nitriles is 1. The highest BCUT2D eigenvalue weighted by Crippen LogP contribution is 2.27. The second-order valence-corrected chi connectivity index (χ2v) is 3.83. The number of hydrogen-bond acceptors (Lipinski definition) is 5. The predicted octanol–water partition coefficient (Wildman–Crippen LogP) is 0.562. The van der Waals surface area contributed by atoms with Gasteiger partial charge in [-0.25, -0.2) is 0 Å². The fourth-order valence-corrected chi connectivity index (χ4v) is 1.66. The maximum atomic E-state index is 12.5. The molecule has 5 nitrogen and oxygen atoms in total. The summed E-state index contributed by atoms with van der Waals surface area (Å²) in [6.07, 6.45) is -4.60. The van der Waals surface area contributed by atoms with Crippen LogP contribution in [0.25, 0.3) is 0 Å². The summed E-state index contributed by atoms with van der Waals surface area (Å²) in [4.78, 5) is 12.7. The van der Waals surface area contributed by atoms with Crippen LogP contribution in [0.5, 0.6) is 0 Å². The maximum Gasteiger partial charge on any atom is 0.405 e. The van der Waals surface area contributed by atoms with Crippen LogP contribution >= 0.6 is 0 Å². The quantitative estimate of drug-likeness (QED) is 0.698. The van der Waals surface area contributed by atoms with E-state index < -0.39 is 30.7 Å². The second kappa shape index (κ2) is 6.02. The van der Waals surface area contributed by atoms with Gasteiger partial charge >= 0.3 is 12.1 Å². The van der Waals surface area contributed by atoms with Crippen molar-refractivity contribution in [1.29, 1.82) is 5.26 Å². The summed E-state index contributed by atoms with van der Waals surface area (Å²) in [5.41, 5.74) is 0. The molecule has 0 radical (unpaired) electrons. The zero-order chi connectivity index (χ0) is 13.8. The van der Waals surface area contributed by atoms with Gasteiger partial charge in [0.05, 0.1) is 26.4 Å². The Morgan fingerprint density at radius 3 is 2.83 bits per heavy atom. The molecule has 102 valence electrons. The Hall–Kier alpha value is -1.33. The minimum Gasteiger partial charge on any atom is -0.468 e. The van der Waals surface area contributed by atoms with Gasteiger partial charge in [-0.05, 0) is 0 Å². The van der Waals surface area contributed by atoms with Crippen LogP contribution in [0.3, 0.4) is 0 Å². The topological polar surface area (TPSA) is 62.6 Å². The van der Waals surface area contributed by atoms with Crippen molar-refractivity contribution in [2.24, 2.45) is 5.92 Å². The third kappa shape index (κ3) is 3.58. The van der Waals surface area contributed by atoms with Crippen molar-refractivity contribution < 1.29 is 27.4 Å². The number of esters is 1. The van der Waals surface area contributed by atoms with Gasteiger partial charge in [-0.2, -0.15) is 18.4 Å². The van der Waals surface area contributed by atoms with E-state index in [4.69, 9.17) is 10.00 Å². The monoisotopic (exact) mass is 266 g/mol. The number of ether oxygens (including phenoxy) is 2. The van der Waals surface area contributed by atoms with Gasteiger partial charge in [0.1, 0.15) is 6.04 Å². The summed E-state index contributed by atoms with van der Waals surface area (Å²) in [5, 5.41) is 8.53. The highest BCUT2D eigenvalue weighted by Gasteiger charge is 2.43. The van der Waals surface area contributed by atoms with Crippen LogP contribution in [0.15, 0.2) is 0 Å². The van der Waals surface area contributed by atoms with E-state index in [1.54, 1.807) is 0 Å². The number of halogens is 3. The number of carbonyl (C=O) groups excluding carboxylic acids is 1. The van der Waals surface area contributed by atoms with E-state index in [0.29, 0.717) is 0 Å². The molecule has 1 saturated heterocycles. The van der Waals surface area contributed by atoms with Crippen molar-refractivity contribution >= 4 is 5.97 Å². The molecule has 0 aromatic rings. The summed E-state index contributed by atoms with van der Waals surface area (Å²) in [6.45, 7) is -0.191. The molecule has 0 amide bonds. The average Bonchev–Trinajstić information content (AvgIpc) is 2.34. The third-order valence-electron chi connectivity index (χ3n) is 2.68. The zero-order valence-electron chi connectivity index (χ0n) is 9.74. The van der Waals surface area contributed by atoms with Gasteiger partial charge < -0.3 is 9.47 Å². The van der Waals surface area contributed by atoms with Gasteiger partial charge in [-0.1, -0.05) is 0 Å². The average molecular weight is 266 g/mol. The van der Waals surface area contributed by atoms with Gasteiger partial charge in [-0.3, -0.25) is 9.69 Å². The van der Waals surface area contributed by atoms with Gasteiger partial charge in [0.2, 0.25) is 0 Å². The van der Waals surface area contributed by atoms with Crippen molar-refractivity contribution in [2.75, 3.05) is 33.4 Å². The van der Waals surface area contributed by atoms with E-state index in [-0.39, 0.29) is 19.8 Å². The molecule has 0 spiro atoms. The zero-order valence-corrected chi connectivity index (χ0v) is 9.74. The Labute approximate surface area is 102 Å². The fourth-order valence-electron chi connectivity index (χ4n) is 1.66. The smallest absolute Gasteiger partial charge is 0.405 e. The molecule has 1 rings (SSSR count). The summed E-state index contributed by atoms with van der Waals surface area (Å²) >= 11 is 0. The molecule has 1 heterocycles. The molecule has 8 heteroatoms. The normalized spacial score (nSPS) is 23.2. The van der Waals surface area contributed by atoms with E-state index in [9.17, 15) is 18.0 Å². The number of carbonyl (C=O) groups is 1. The highest BCUT2D eigenvalue weighted by molar-refractivity contribution is 5.75. The Kier molecular flexibility index (Phi) is 4.93. The van der Waals surface area contributed by atoms with E-state index in [1.165, 1.54) is 11.0 Å². The largest absolute Gasteiger partial charge is 0.468 e. The Morgan fingerprint density at radius 2 is 2.33 bits per heavy atom. The number of morpholine rings is 1. The molecule has 0 saturated carbocycles. The lowest BCUT2D eigenvalue weighted by Gasteiger charge is -2.34. The number of rotatable bonds is 3. The Bertz CT molecular complexity index is 340. The predicted molar refractivity (Wildman–Crippen MR) is 53.4 cm³/mol. The lowest BCUT2D eigenvalue weighted by molar-refractivity contribution is -0.174. The number of hydrogen-bond donors (Lipinski definition) is 0. The molecule has 0 aromatic heterocycles. The molecule has 0 bridgehead atoms. The van der Waals surface area contributed by atoms with Crippen LogP contribution in [-0.2, 0) is 14.3 Å². The number of methoxy groups -OCH3 is 1. The highest BCUT2D eigenvalue weighted by atomic mass is 19.4. The molecular formula is C10H13F3N2O3. The molecule has 18 heavy (non-hydrogen) atoms.